The molecule has 7 heteroatoms. The van der Waals surface area contributed by atoms with Gasteiger partial charge in [0.15, 0.2) is 11.5 Å². The van der Waals surface area contributed by atoms with Crippen LogP contribution in [0.5, 0.6) is 11.5 Å². The first kappa shape index (κ1) is 16.7. The SMILES string of the molecule is CCC(=O)Oc1ccc(C)cc1O[C@@H]1OC[C@@H](O)[C@H](O)[C@@H]1O. The third-order valence-electron chi connectivity index (χ3n) is 3.31. The third-order valence-corrected chi connectivity index (χ3v) is 3.31. The van der Waals surface area contributed by atoms with Crippen molar-refractivity contribution in [2.45, 2.75) is 44.9 Å². The van der Waals surface area contributed by atoms with E-state index in [1.165, 1.54) is 0 Å². The quantitative estimate of drug-likeness (QED) is 0.536. The van der Waals surface area contributed by atoms with Crippen LogP contribution in [0, 0.1) is 6.92 Å². The zero-order valence-corrected chi connectivity index (χ0v) is 12.4. The average Bonchev–Trinajstić information content (AvgIpc) is 2.50. The summed E-state index contributed by atoms with van der Waals surface area (Å²) < 4.78 is 15.9. The summed E-state index contributed by atoms with van der Waals surface area (Å²) >= 11 is 0. The number of esters is 1. The van der Waals surface area contributed by atoms with Gasteiger partial charge in [-0.05, 0) is 24.6 Å². The molecule has 0 radical (unpaired) electrons. The number of aliphatic hydroxyl groups is 3. The Kier molecular flexibility index (Phi) is 5.36. The van der Waals surface area contributed by atoms with Crippen molar-refractivity contribution in [3.05, 3.63) is 23.8 Å². The van der Waals surface area contributed by atoms with Gasteiger partial charge in [0.1, 0.15) is 18.3 Å². The largest absolute Gasteiger partial charge is 0.458 e. The summed E-state index contributed by atoms with van der Waals surface area (Å²) in [7, 11) is 0. The summed E-state index contributed by atoms with van der Waals surface area (Å²) in [6.07, 6.45) is -4.92. The fraction of sp³-hybridized carbons (Fsp3) is 0.533. The highest BCUT2D eigenvalue weighted by atomic mass is 16.7. The Hall–Kier alpha value is -1.67. The fourth-order valence-corrected chi connectivity index (χ4v) is 1.99. The van der Waals surface area contributed by atoms with Gasteiger partial charge in [0.05, 0.1) is 6.61 Å². The second kappa shape index (κ2) is 7.06. The lowest BCUT2D eigenvalue weighted by Gasteiger charge is -2.35. The number of ether oxygens (including phenoxy) is 3. The maximum Gasteiger partial charge on any atom is 0.311 e. The van der Waals surface area contributed by atoms with Crippen LogP contribution in [-0.4, -0.2) is 52.5 Å². The van der Waals surface area contributed by atoms with Gasteiger partial charge in [0.25, 0.3) is 0 Å². The molecule has 0 spiro atoms. The van der Waals surface area contributed by atoms with Gasteiger partial charge in [-0.2, -0.15) is 0 Å². The van der Waals surface area contributed by atoms with E-state index in [0.29, 0.717) is 0 Å². The molecule has 1 aliphatic heterocycles. The Morgan fingerprint density at radius 2 is 2.00 bits per heavy atom. The van der Waals surface area contributed by atoms with Crippen LogP contribution in [0.4, 0.5) is 0 Å². The number of hydrogen-bond donors (Lipinski definition) is 3. The van der Waals surface area contributed by atoms with Gasteiger partial charge in [0.2, 0.25) is 6.29 Å². The van der Waals surface area contributed by atoms with E-state index in [-0.39, 0.29) is 24.5 Å². The minimum Gasteiger partial charge on any atom is -0.458 e. The zero-order valence-electron chi connectivity index (χ0n) is 12.4. The van der Waals surface area contributed by atoms with Crippen LogP contribution in [0.25, 0.3) is 0 Å². The van der Waals surface area contributed by atoms with Crippen molar-refractivity contribution in [1.29, 1.82) is 0 Å². The maximum absolute atomic E-state index is 11.4. The Morgan fingerprint density at radius 1 is 1.27 bits per heavy atom. The second-order valence-electron chi connectivity index (χ2n) is 5.15. The van der Waals surface area contributed by atoms with E-state index in [1.54, 1.807) is 25.1 Å². The number of carbonyl (C=O) groups excluding carboxylic acids is 1. The van der Waals surface area contributed by atoms with Crippen molar-refractivity contribution in [3.63, 3.8) is 0 Å². The first-order valence-electron chi connectivity index (χ1n) is 7.06. The zero-order chi connectivity index (χ0) is 16.3. The number of aliphatic hydroxyl groups excluding tert-OH is 3. The van der Waals surface area contributed by atoms with E-state index in [1.807, 2.05) is 6.92 Å². The Balaban J connectivity index is 2.17. The van der Waals surface area contributed by atoms with Crippen molar-refractivity contribution in [3.8, 4) is 11.5 Å². The number of rotatable bonds is 4. The Morgan fingerprint density at radius 3 is 2.68 bits per heavy atom. The highest BCUT2D eigenvalue weighted by Gasteiger charge is 2.39. The molecular weight excluding hydrogens is 292 g/mol. The molecule has 7 nitrogen and oxygen atoms in total. The summed E-state index contributed by atoms with van der Waals surface area (Å²) in [5, 5.41) is 29.0. The number of hydrogen-bond acceptors (Lipinski definition) is 7. The van der Waals surface area contributed by atoms with E-state index in [0.717, 1.165) is 5.56 Å². The smallest absolute Gasteiger partial charge is 0.311 e. The van der Waals surface area contributed by atoms with E-state index in [2.05, 4.69) is 0 Å². The molecule has 0 aliphatic carbocycles. The van der Waals surface area contributed by atoms with Crippen molar-refractivity contribution < 1.29 is 34.3 Å². The van der Waals surface area contributed by atoms with Crippen LogP contribution in [0.2, 0.25) is 0 Å². The Bertz CT molecular complexity index is 531. The Labute approximate surface area is 128 Å². The van der Waals surface area contributed by atoms with Crippen molar-refractivity contribution >= 4 is 5.97 Å². The van der Waals surface area contributed by atoms with Crippen LogP contribution >= 0.6 is 0 Å². The third kappa shape index (κ3) is 3.75. The van der Waals surface area contributed by atoms with Gasteiger partial charge in [0, 0.05) is 6.42 Å². The second-order valence-corrected chi connectivity index (χ2v) is 5.15. The average molecular weight is 312 g/mol. The molecule has 1 saturated heterocycles. The normalized spacial score (nSPS) is 28.2. The van der Waals surface area contributed by atoms with Crippen LogP contribution in [-0.2, 0) is 9.53 Å². The van der Waals surface area contributed by atoms with Gasteiger partial charge in [-0.25, -0.2) is 0 Å². The molecule has 1 aromatic rings. The van der Waals surface area contributed by atoms with Crippen molar-refractivity contribution in [1.82, 2.24) is 0 Å². The minimum absolute atomic E-state index is 0.168. The van der Waals surface area contributed by atoms with E-state index in [9.17, 15) is 20.1 Å². The lowest BCUT2D eigenvalue weighted by molar-refractivity contribution is -0.242. The molecule has 0 unspecified atom stereocenters. The lowest BCUT2D eigenvalue weighted by atomic mass is 10.1. The molecule has 1 fully saturated rings. The first-order valence-corrected chi connectivity index (χ1v) is 7.06. The molecule has 4 atom stereocenters. The summed E-state index contributed by atoms with van der Waals surface area (Å²) in [6, 6.07) is 4.96. The molecule has 2 rings (SSSR count). The number of carbonyl (C=O) groups is 1. The minimum atomic E-state index is -1.42. The summed E-state index contributed by atoms with van der Waals surface area (Å²) in [4.78, 5) is 11.4. The molecule has 122 valence electrons. The molecule has 1 aromatic carbocycles. The molecular formula is C15H20O7. The topological polar surface area (TPSA) is 105 Å². The standard InChI is InChI=1S/C15H20O7/c1-3-12(17)21-10-5-4-8(2)6-11(10)22-15-14(19)13(18)9(16)7-20-15/h4-6,9,13-16,18-19H,3,7H2,1-2H3/t9-,13+,14+,15+/m1/s1. The number of aryl methyl sites for hydroxylation is 1. The summed E-state index contributed by atoms with van der Waals surface area (Å²) in [6.45, 7) is 3.33. The molecule has 0 amide bonds. The van der Waals surface area contributed by atoms with E-state index >= 15 is 0 Å². The molecule has 1 heterocycles. The van der Waals surface area contributed by atoms with Crippen molar-refractivity contribution in [2.24, 2.45) is 0 Å². The molecule has 0 aromatic heterocycles. The molecule has 3 N–H and O–H groups in total. The fourth-order valence-electron chi connectivity index (χ4n) is 1.99. The summed E-state index contributed by atoms with van der Waals surface area (Å²) in [5.41, 5.74) is 0.858. The highest BCUT2D eigenvalue weighted by molar-refractivity contribution is 5.72. The van der Waals surface area contributed by atoms with Crippen LogP contribution in [0.3, 0.4) is 0 Å². The predicted octanol–water partition coefficient (Wildman–Crippen LogP) is 0.128. The molecule has 22 heavy (non-hydrogen) atoms. The van der Waals surface area contributed by atoms with E-state index in [4.69, 9.17) is 14.2 Å². The van der Waals surface area contributed by atoms with Crippen LogP contribution < -0.4 is 9.47 Å². The first-order chi connectivity index (χ1) is 10.4. The van der Waals surface area contributed by atoms with Crippen LogP contribution in [0.15, 0.2) is 18.2 Å². The van der Waals surface area contributed by atoms with Gasteiger partial charge in [-0.15, -0.1) is 0 Å². The summed E-state index contributed by atoms with van der Waals surface area (Å²) in [5.74, 6) is -0.00225. The maximum atomic E-state index is 11.4. The van der Waals surface area contributed by atoms with Gasteiger partial charge >= 0.3 is 5.97 Å². The van der Waals surface area contributed by atoms with Gasteiger partial charge in [-0.3, -0.25) is 4.79 Å². The van der Waals surface area contributed by atoms with Gasteiger partial charge < -0.3 is 29.5 Å². The van der Waals surface area contributed by atoms with E-state index < -0.39 is 30.6 Å². The van der Waals surface area contributed by atoms with Crippen molar-refractivity contribution in [2.75, 3.05) is 6.61 Å². The molecule has 0 saturated carbocycles. The lowest BCUT2D eigenvalue weighted by Crippen LogP contribution is -2.54. The highest BCUT2D eigenvalue weighted by Crippen LogP contribution is 2.31. The number of benzene rings is 1. The van der Waals surface area contributed by atoms with Gasteiger partial charge in [-0.1, -0.05) is 13.0 Å². The molecule has 1 aliphatic rings. The molecule has 0 bridgehead atoms. The van der Waals surface area contributed by atoms with Crippen LogP contribution in [0.1, 0.15) is 18.9 Å². The monoisotopic (exact) mass is 312 g/mol. The predicted molar refractivity (Wildman–Crippen MR) is 75.5 cm³/mol.